The van der Waals surface area contributed by atoms with Crippen molar-refractivity contribution >= 4 is 29.5 Å². The van der Waals surface area contributed by atoms with Gasteiger partial charge in [-0.1, -0.05) is 6.08 Å². The number of aliphatic imine (C=N–C) groups is 1. The van der Waals surface area contributed by atoms with Crippen LogP contribution in [0.15, 0.2) is 58.7 Å². The standard InChI is InChI=1S/C27H25N7O2/c1-15-24(22(13-28-2)18-7-8-36-14-18)32-26(30-15)25-21-10-17(5-6-23(21)33-34-25)19-9-20(12-29-11-19)31-27(35)16-3-4-16/h5,7-9,11-14,16H,2-4,6,10H2,1H3,(H,30,32)(H,31,35)(H,33,34)/b22-13-. The molecule has 4 aromatic heterocycles. The summed E-state index contributed by atoms with van der Waals surface area (Å²) < 4.78 is 5.26. The third-order valence-electron chi connectivity index (χ3n) is 6.61. The molecule has 0 saturated heterocycles. The normalized spacial score (nSPS) is 15.4. The lowest BCUT2D eigenvalue weighted by atomic mass is 9.91. The van der Waals surface area contributed by atoms with Crippen molar-refractivity contribution in [1.82, 2.24) is 25.1 Å². The summed E-state index contributed by atoms with van der Waals surface area (Å²) in [5.74, 6) is 0.903. The van der Waals surface area contributed by atoms with Crippen LogP contribution in [0.1, 0.15) is 46.6 Å². The van der Waals surface area contributed by atoms with Crippen molar-refractivity contribution in [2.75, 3.05) is 5.32 Å². The molecular weight excluding hydrogens is 454 g/mol. The second kappa shape index (κ2) is 8.92. The quantitative estimate of drug-likeness (QED) is 0.331. The number of allylic oxidation sites excluding steroid dienone is 2. The van der Waals surface area contributed by atoms with E-state index in [4.69, 9.17) is 9.40 Å². The fourth-order valence-electron chi connectivity index (χ4n) is 4.55. The second-order valence-electron chi connectivity index (χ2n) is 9.16. The highest BCUT2D eigenvalue weighted by atomic mass is 16.3. The molecule has 0 spiro atoms. The van der Waals surface area contributed by atoms with Gasteiger partial charge in [0, 0.05) is 59.2 Å². The van der Waals surface area contributed by atoms with Gasteiger partial charge in [-0.15, -0.1) is 0 Å². The number of nitrogens with zero attached hydrogens (tertiary/aromatic N) is 4. The molecular formula is C27H25N7O2. The monoisotopic (exact) mass is 479 g/mol. The van der Waals surface area contributed by atoms with E-state index in [1.165, 1.54) is 0 Å². The molecule has 0 bridgehead atoms. The number of H-pyrrole nitrogens is 2. The smallest absolute Gasteiger partial charge is 0.227 e. The van der Waals surface area contributed by atoms with Gasteiger partial charge in [-0.25, -0.2) is 4.98 Å². The molecule has 0 aliphatic heterocycles. The number of furan rings is 1. The number of rotatable bonds is 7. The zero-order chi connectivity index (χ0) is 24.6. The molecule has 4 aromatic rings. The first-order valence-corrected chi connectivity index (χ1v) is 11.9. The van der Waals surface area contributed by atoms with Gasteiger partial charge in [-0.3, -0.25) is 19.9 Å². The third-order valence-corrected chi connectivity index (χ3v) is 6.61. The number of amides is 1. The minimum Gasteiger partial charge on any atom is -0.472 e. The Morgan fingerprint density at radius 2 is 2.22 bits per heavy atom. The molecule has 2 aliphatic rings. The molecule has 9 heteroatoms. The van der Waals surface area contributed by atoms with Crippen LogP contribution in [0.2, 0.25) is 0 Å². The van der Waals surface area contributed by atoms with Gasteiger partial charge in [0.05, 0.1) is 30.1 Å². The number of aryl methyl sites for hydroxylation is 1. The summed E-state index contributed by atoms with van der Waals surface area (Å²) in [6.07, 6.45) is 14.0. The summed E-state index contributed by atoms with van der Waals surface area (Å²) in [5.41, 5.74) is 9.15. The maximum atomic E-state index is 12.2. The Bertz CT molecular complexity index is 1520. The van der Waals surface area contributed by atoms with E-state index < -0.39 is 0 Å². The van der Waals surface area contributed by atoms with E-state index in [1.807, 2.05) is 25.3 Å². The van der Waals surface area contributed by atoms with Crippen molar-refractivity contribution in [3.8, 4) is 11.5 Å². The number of pyridine rings is 1. The summed E-state index contributed by atoms with van der Waals surface area (Å²) in [5, 5.41) is 10.8. The Hall–Kier alpha value is -4.53. The fraction of sp³-hybridized carbons (Fsp3) is 0.222. The molecule has 4 heterocycles. The van der Waals surface area contributed by atoms with Crippen LogP contribution in [0, 0.1) is 12.8 Å². The summed E-state index contributed by atoms with van der Waals surface area (Å²) >= 11 is 0. The average Bonchev–Trinajstić information content (AvgIpc) is 3.25. The van der Waals surface area contributed by atoms with Gasteiger partial charge in [0.15, 0.2) is 5.82 Å². The topological polar surface area (TPSA) is 125 Å². The van der Waals surface area contributed by atoms with Gasteiger partial charge in [0.2, 0.25) is 5.91 Å². The number of hydrogen-bond acceptors (Lipinski definition) is 6. The van der Waals surface area contributed by atoms with E-state index in [1.54, 1.807) is 24.9 Å². The zero-order valence-corrected chi connectivity index (χ0v) is 19.8. The van der Waals surface area contributed by atoms with Crippen LogP contribution in [0.4, 0.5) is 5.69 Å². The minimum absolute atomic E-state index is 0.0745. The van der Waals surface area contributed by atoms with Crippen LogP contribution in [-0.2, 0) is 17.6 Å². The molecule has 9 nitrogen and oxygen atoms in total. The molecule has 0 aromatic carbocycles. The van der Waals surface area contributed by atoms with Gasteiger partial charge >= 0.3 is 0 Å². The number of nitrogens with one attached hydrogen (secondary N) is 3. The van der Waals surface area contributed by atoms with E-state index in [0.29, 0.717) is 12.2 Å². The molecule has 180 valence electrons. The van der Waals surface area contributed by atoms with E-state index in [9.17, 15) is 4.79 Å². The number of anilines is 1. The molecule has 3 N–H and O–H groups in total. The molecule has 0 atom stereocenters. The number of carbonyl (C=O) groups excluding carboxylic acids is 1. The van der Waals surface area contributed by atoms with Crippen LogP contribution >= 0.6 is 0 Å². The lowest BCUT2D eigenvalue weighted by molar-refractivity contribution is -0.117. The van der Waals surface area contributed by atoms with Gasteiger partial charge in [0.1, 0.15) is 5.69 Å². The van der Waals surface area contributed by atoms with Crippen LogP contribution in [0.5, 0.6) is 0 Å². The number of aromatic nitrogens is 5. The molecule has 0 radical (unpaired) electrons. The van der Waals surface area contributed by atoms with E-state index >= 15 is 0 Å². The predicted octanol–water partition coefficient (Wildman–Crippen LogP) is 4.72. The molecule has 36 heavy (non-hydrogen) atoms. The summed E-state index contributed by atoms with van der Waals surface area (Å²) in [4.78, 5) is 28.8. The van der Waals surface area contributed by atoms with Crippen molar-refractivity contribution in [3.63, 3.8) is 0 Å². The Morgan fingerprint density at radius 1 is 1.33 bits per heavy atom. The van der Waals surface area contributed by atoms with Crippen molar-refractivity contribution in [1.29, 1.82) is 0 Å². The predicted molar refractivity (Wildman–Crippen MR) is 137 cm³/mol. The van der Waals surface area contributed by atoms with Gasteiger partial charge < -0.3 is 14.7 Å². The van der Waals surface area contributed by atoms with Crippen molar-refractivity contribution < 1.29 is 9.21 Å². The Labute approximate surface area is 207 Å². The van der Waals surface area contributed by atoms with Crippen molar-refractivity contribution in [2.45, 2.75) is 32.6 Å². The van der Waals surface area contributed by atoms with Crippen molar-refractivity contribution in [3.05, 3.63) is 83.1 Å². The third kappa shape index (κ3) is 4.08. The first-order chi connectivity index (χ1) is 17.6. The molecule has 0 unspecified atom stereocenters. The number of hydrogen-bond donors (Lipinski definition) is 3. The lowest BCUT2D eigenvalue weighted by Gasteiger charge is -2.15. The van der Waals surface area contributed by atoms with E-state index in [0.717, 1.165) is 75.6 Å². The molecule has 1 fully saturated rings. The van der Waals surface area contributed by atoms with Gasteiger partial charge in [-0.05, 0) is 49.8 Å². The number of imidazole rings is 1. The fourth-order valence-corrected chi connectivity index (χ4v) is 4.55. The van der Waals surface area contributed by atoms with E-state index in [-0.39, 0.29) is 11.8 Å². The zero-order valence-electron chi connectivity index (χ0n) is 19.8. The van der Waals surface area contributed by atoms with Crippen LogP contribution < -0.4 is 5.32 Å². The molecule has 1 amide bonds. The highest BCUT2D eigenvalue weighted by Gasteiger charge is 2.30. The molecule has 6 rings (SSSR count). The SMILES string of the molecule is C=N/C=C(/c1ccoc1)c1nc(-c2n[nH]c3c2CC(c2cncc(NC(=O)C4CC4)c2)=CC3)[nH]c1C. The Morgan fingerprint density at radius 3 is 3.00 bits per heavy atom. The van der Waals surface area contributed by atoms with Crippen LogP contribution in [0.3, 0.4) is 0 Å². The lowest BCUT2D eigenvalue weighted by Crippen LogP contribution is -2.13. The van der Waals surface area contributed by atoms with Gasteiger partial charge in [0.25, 0.3) is 0 Å². The average molecular weight is 480 g/mol. The van der Waals surface area contributed by atoms with Gasteiger partial charge in [-0.2, -0.15) is 5.10 Å². The maximum Gasteiger partial charge on any atom is 0.227 e. The second-order valence-corrected chi connectivity index (χ2v) is 9.16. The summed E-state index contributed by atoms with van der Waals surface area (Å²) in [6.45, 7) is 5.58. The number of aromatic amines is 2. The largest absolute Gasteiger partial charge is 0.472 e. The first-order valence-electron chi connectivity index (χ1n) is 11.9. The Balaban J connectivity index is 1.29. The summed E-state index contributed by atoms with van der Waals surface area (Å²) in [7, 11) is 0. The first kappa shape index (κ1) is 22.0. The highest BCUT2D eigenvalue weighted by Crippen LogP contribution is 2.35. The molecule has 1 saturated carbocycles. The summed E-state index contributed by atoms with van der Waals surface area (Å²) in [6, 6.07) is 3.86. The molecule has 2 aliphatic carbocycles. The minimum atomic E-state index is 0.0745. The Kier molecular flexibility index (Phi) is 5.44. The number of carbonyl (C=O) groups is 1. The van der Waals surface area contributed by atoms with Crippen LogP contribution in [-0.4, -0.2) is 37.8 Å². The van der Waals surface area contributed by atoms with Crippen molar-refractivity contribution in [2.24, 2.45) is 10.9 Å². The van der Waals surface area contributed by atoms with Crippen LogP contribution in [0.25, 0.3) is 22.7 Å². The highest BCUT2D eigenvalue weighted by molar-refractivity contribution is 5.94. The van der Waals surface area contributed by atoms with E-state index in [2.05, 4.69) is 43.3 Å². The maximum absolute atomic E-state index is 12.2. The number of fused-ring (bicyclic) bond motifs is 1.